The summed E-state index contributed by atoms with van der Waals surface area (Å²) in [5.74, 6) is -0.870. The highest BCUT2D eigenvalue weighted by molar-refractivity contribution is 7.89. The predicted molar refractivity (Wildman–Crippen MR) is 88.7 cm³/mol. The summed E-state index contributed by atoms with van der Waals surface area (Å²) >= 11 is 0. The van der Waals surface area contributed by atoms with Gasteiger partial charge in [0.05, 0.1) is 40.7 Å². The highest BCUT2D eigenvalue weighted by Gasteiger charge is 2.33. The van der Waals surface area contributed by atoms with Crippen LogP contribution in [-0.4, -0.2) is 29.0 Å². The van der Waals surface area contributed by atoms with Gasteiger partial charge in [-0.3, -0.25) is 0 Å². The van der Waals surface area contributed by atoms with Crippen LogP contribution in [0.1, 0.15) is 19.4 Å². The van der Waals surface area contributed by atoms with Gasteiger partial charge in [-0.2, -0.15) is 0 Å². The van der Waals surface area contributed by atoms with Gasteiger partial charge < -0.3 is 15.2 Å². The zero-order chi connectivity index (χ0) is 17.1. The molecule has 2 atom stereocenters. The molecule has 1 aliphatic rings. The number of hydrogen-bond donors (Lipinski definition) is 2. The van der Waals surface area contributed by atoms with E-state index in [9.17, 15) is 14.1 Å². The van der Waals surface area contributed by atoms with Crippen molar-refractivity contribution in [1.29, 1.82) is 0 Å². The van der Waals surface area contributed by atoms with E-state index in [0.29, 0.717) is 26.8 Å². The van der Waals surface area contributed by atoms with E-state index in [1.54, 1.807) is 26.0 Å². The molecule has 6 heteroatoms. The molecule has 1 aromatic rings. The fraction of sp³-hybridized carbons (Fsp3) is 0.353. The molecule has 0 fully saturated rings. The monoisotopic (exact) mass is 335 g/mol. The average molecular weight is 335 g/mol. The van der Waals surface area contributed by atoms with Crippen LogP contribution in [0.3, 0.4) is 0 Å². The molecule has 0 spiro atoms. The predicted octanol–water partition coefficient (Wildman–Crippen LogP) is 1.99. The molecule has 2 rings (SSSR count). The molecular formula is C17H21NO4S. The Bertz CT molecular complexity index is 704. The van der Waals surface area contributed by atoms with Gasteiger partial charge in [0.2, 0.25) is 0 Å². The van der Waals surface area contributed by atoms with E-state index < -0.39 is 22.7 Å². The lowest BCUT2D eigenvalue weighted by molar-refractivity contribution is -0.136. The van der Waals surface area contributed by atoms with Crippen molar-refractivity contribution in [3.63, 3.8) is 0 Å². The maximum absolute atomic E-state index is 13.0. The van der Waals surface area contributed by atoms with Gasteiger partial charge in [-0.05, 0) is 26.0 Å². The number of carbonyl (C=O) groups is 1. The van der Waals surface area contributed by atoms with E-state index in [2.05, 4.69) is 5.32 Å². The molecule has 2 N–H and O–H groups in total. The minimum atomic E-state index is -1.48. The molecule has 0 amide bonds. The number of benzene rings is 1. The summed E-state index contributed by atoms with van der Waals surface area (Å²) < 4.78 is 17.8. The Hall–Kier alpha value is -1.92. The summed E-state index contributed by atoms with van der Waals surface area (Å²) in [5, 5.41) is 12.6. The van der Waals surface area contributed by atoms with E-state index in [-0.39, 0.29) is 6.61 Å². The molecule has 23 heavy (non-hydrogen) atoms. The molecule has 0 radical (unpaired) electrons. The van der Waals surface area contributed by atoms with Crippen molar-refractivity contribution in [3.8, 4) is 0 Å². The topological polar surface area (TPSA) is 75.6 Å². The van der Waals surface area contributed by atoms with Gasteiger partial charge in [0, 0.05) is 16.5 Å². The van der Waals surface area contributed by atoms with Crippen LogP contribution >= 0.6 is 0 Å². The Kier molecular flexibility index (Phi) is 5.38. The van der Waals surface area contributed by atoms with E-state index in [4.69, 9.17) is 4.74 Å². The number of aliphatic hydroxyl groups is 1. The number of dihydropyridines is 1. The number of carbonyl (C=O) groups excluding carboxylic acids is 1. The van der Waals surface area contributed by atoms with Crippen molar-refractivity contribution in [2.24, 2.45) is 5.92 Å². The normalized spacial score (nSPS) is 19.4. The number of ether oxygens (including phenoxy) is 1. The van der Waals surface area contributed by atoms with Crippen LogP contribution in [0.15, 0.2) is 51.0 Å². The summed E-state index contributed by atoms with van der Waals surface area (Å²) in [4.78, 5) is 13.2. The first-order chi connectivity index (χ1) is 10.9. The Balaban J connectivity index is 2.47. The van der Waals surface area contributed by atoms with Crippen molar-refractivity contribution >= 4 is 16.8 Å². The van der Waals surface area contributed by atoms with Gasteiger partial charge in [-0.1, -0.05) is 24.6 Å². The van der Waals surface area contributed by atoms with Crippen molar-refractivity contribution in [3.05, 3.63) is 51.7 Å². The van der Waals surface area contributed by atoms with Crippen LogP contribution in [0.5, 0.6) is 0 Å². The molecule has 0 saturated heterocycles. The Labute approximate surface area is 138 Å². The molecule has 0 bridgehead atoms. The second-order valence-electron chi connectivity index (χ2n) is 5.46. The molecule has 0 aliphatic carbocycles. The summed E-state index contributed by atoms with van der Waals surface area (Å²) in [5.41, 5.74) is 2.59. The van der Waals surface area contributed by atoms with Crippen LogP contribution in [-0.2, 0) is 20.3 Å². The summed E-state index contributed by atoms with van der Waals surface area (Å²) in [6.07, 6.45) is 0. The molecule has 0 unspecified atom stereocenters. The molecule has 124 valence electrons. The highest BCUT2D eigenvalue weighted by Crippen LogP contribution is 2.34. The quantitative estimate of drug-likeness (QED) is 0.823. The van der Waals surface area contributed by atoms with Crippen molar-refractivity contribution in [1.82, 2.24) is 5.32 Å². The molecule has 1 aromatic carbocycles. The van der Waals surface area contributed by atoms with Crippen molar-refractivity contribution in [2.75, 3.05) is 13.7 Å². The summed E-state index contributed by atoms with van der Waals surface area (Å²) in [6, 6.07) is 7.36. The van der Waals surface area contributed by atoms with Crippen molar-refractivity contribution < 1.29 is 18.8 Å². The summed E-state index contributed by atoms with van der Waals surface area (Å²) in [6.45, 7) is 5.22. The van der Waals surface area contributed by atoms with Crippen LogP contribution in [0.2, 0.25) is 0 Å². The zero-order valence-electron chi connectivity index (χ0n) is 13.7. The first kappa shape index (κ1) is 17.4. The van der Waals surface area contributed by atoms with Gasteiger partial charge >= 0.3 is 5.97 Å². The van der Waals surface area contributed by atoms with E-state index >= 15 is 0 Å². The lowest BCUT2D eigenvalue weighted by atomic mass is 9.94. The average Bonchev–Trinajstić information content (AvgIpc) is 2.54. The first-order valence-electron chi connectivity index (χ1n) is 7.29. The lowest BCUT2D eigenvalue weighted by Crippen LogP contribution is -2.32. The third kappa shape index (κ3) is 3.38. The number of aliphatic hydroxyl groups excluding tert-OH is 1. The van der Waals surface area contributed by atoms with Gasteiger partial charge in [0.25, 0.3) is 0 Å². The smallest absolute Gasteiger partial charge is 0.336 e. The fourth-order valence-corrected chi connectivity index (χ4v) is 4.11. The van der Waals surface area contributed by atoms with Crippen LogP contribution in [0.4, 0.5) is 0 Å². The van der Waals surface area contributed by atoms with Crippen LogP contribution in [0, 0.1) is 12.8 Å². The van der Waals surface area contributed by atoms with Gasteiger partial charge in [0.1, 0.15) is 0 Å². The van der Waals surface area contributed by atoms with Gasteiger partial charge in [-0.25, -0.2) is 9.00 Å². The van der Waals surface area contributed by atoms with E-state index in [1.807, 2.05) is 19.1 Å². The number of allylic oxidation sites excluding steroid dienone is 2. The van der Waals surface area contributed by atoms with Crippen molar-refractivity contribution in [2.45, 2.75) is 25.7 Å². The Morgan fingerprint density at radius 1 is 1.30 bits per heavy atom. The highest BCUT2D eigenvalue weighted by atomic mass is 32.2. The van der Waals surface area contributed by atoms with Gasteiger partial charge in [0.15, 0.2) is 0 Å². The molecule has 1 heterocycles. The maximum atomic E-state index is 13.0. The third-order valence-electron chi connectivity index (χ3n) is 3.86. The molecule has 0 aromatic heterocycles. The molecule has 0 saturated carbocycles. The number of methoxy groups -OCH3 is 1. The van der Waals surface area contributed by atoms with E-state index in [0.717, 1.165) is 5.56 Å². The number of aryl methyl sites for hydroxylation is 1. The first-order valence-corrected chi connectivity index (χ1v) is 8.44. The zero-order valence-corrected chi connectivity index (χ0v) is 14.5. The molecular weight excluding hydrogens is 314 g/mol. The SMILES string of the molecule is COC(=O)C1=C(C)NC(CO)=C([S@@](=O)c2ccc(C)cc2)[C@@H]1C. The van der Waals surface area contributed by atoms with E-state index in [1.165, 1.54) is 7.11 Å². The van der Waals surface area contributed by atoms with Gasteiger partial charge in [-0.15, -0.1) is 0 Å². The maximum Gasteiger partial charge on any atom is 0.336 e. The standard InChI is InChI=1S/C17H21NO4S/c1-10-5-7-13(8-6-10)23(21)16-11(2)15(17(20)22-4)12(3)18-14(16)9-19/h5-8,11,18-19H,9H2,1-4H3/t11-,23+/m1/s1. The Morgan fingerprint density at radius 3 is 2.43 bits per heavy atom. The molecule has 1 aliphatic heterocycles. The number of hydrogen-bond acceptors (Lipinski definition) is 5. The van der Waals surface area contributed by atoms with Crippen LogP contribution < -0.4 is 5.32 Å². The second kappa shape index (κ2) is 7.10. The lowest BCUT2D eigenvalue weighted by Gasteiger charge is -2.28. The number of rotatable bonds is 4. The van der Waals surface area contributed by atoms with Crippen LogP contribution in [0.25, 0.3) is 0 Å². The summed E-state index contributed by atoms with van der Waals surface area (Å²) in [7, 11) is -0.160. The number of nitrogens with one attached hydrogen (secondary N) is 1. The minimum absolute atomic E-state index is 0.275. The second-order valence-corrected chi connectivity index (χ2v) is 6.91. The third-order valence-corrected chi connectivity index (χ3v) is 5.56. The fourth-order valence-electron chi connectivity index (χ4n) is 2.69. The number of esters is 1. The molecule has 5 nitrogen and oxygen atoms in total. The minimum Gasteiger partial charge on any atom is -0.466 e. The Morgan fingerprint density at radius 2 is 1.91 bits per heavy atom. The largest absolute Gasteiger partial charge is 0.466 e.